The van der Waals surface area contributed by atoms with Gasteiger partial charge in [-0.3, -0.25) is 14.4 Å². The number of para-hydroxylation sites is 1. The number of amides is 2. The number of hydrogen-bond donors (Lipinski definition) is 2. The number of nitrogens with zero attached hydrogens (tertiary/aromatic N) is 2. The van der Waals surface area contributed by atoms with Gasteiger partial charge in [0.2, 0.25) is 0 Å². The molecule has 1 aromatic heterocycles. The maximum absolute atomic E-state index is 13.2. The van der Waals surface area contributed by atoms with E-state index in [1.807, 2.05) is 0 Å². The van der Waals surface area contributed by atoms with E-state index in [9.17, 15) is 14.4 Å². The molecule has 2 aromatic carbocycles. The predicted molar refractivity (Wildman–Crippen MR) is 120 cm³/mol. The molecule has 0 spiro atoms. The van der Waals surface area contributed by atoms with Gasteiger partial charge in [0.25, 0.3) is 17.4 Å². The van der Waals surface area contributed by atoms with Crippen LogP contribution in [0.3, 0.4) is 0 Å². The molecule has 1 aliphatic rings. The molecular weight excluding hydrogens is 392 g/mol. The van der Waals surface area contributed by atoms with Crippen LogP contribution in [0, 0.1) is 0 Å². The third kappa shape index (κ3) is 4.66. The van der Waals surface area contributed by atoms with E-state index in [-0.39, 0.29) is 23.2 Å². The molecule has 0 saturated heterocycles. The number of aryl methyl sites for hydroxylation is 1. The zero-order chi connectivity index (χ0) is 21.8. The van der Waals surface area contributed by atoms with Gasteiger partial charge < -0.3 is 10.6 Å². The first-order valence-corrected chi connectivity index (χ1v) is 10.8. The Kier molecular flexibility index (Phi) is 6.11. The zero-order valence-electron chi connectivity index (χ0n) is 17.6. The van der Waals surface area contributed by atoms with Crippen LogP contribution in [-0.2, 0) is 6.54 Å². The molecule has 0 radical (unpaired) electrons. The molecule has 7 nitrogen and oxygen atoms in total. The molecule has 3 aromatic rings. The van der Waals surface area contributed by atoms with Crippen LogP contribution in [0.2, 0.25) is 0 Å². The van der Waals surface area contributed by atoms with Crippen LogP contribution in [0.1, 0.15) is 59.9 Å². The van der Waals surface area contributed by atoms with Crippen LogP contribution >= 0.6 is 0 Å². The summed E-state index contributed by atoms with van der Waals surface area (Å²) in [5.41, 5.74) is 0.792. The molecule has 4 rings (SSSR count). The third-order valence-corrected chi connectivity index (χ3v) is 5.39. The second-order valence-electron chi connectivity index (χ2n) is 7.88. The van der Waals surface area contributed by atoms with Crippen LogP contribution in [-0.4, -0.2) is 27.6 Å². The Morgan fingerprint density at radius 1 is 1.00 bits per heavy atom. The van der Waals surface area contributed by atoms with Crippen LogP contribution in [0.4, 0.5) is 5.69 Å². The number of anilines is 1. The SMILES string of the molecule is CCCCCn1nc(C(=O)Nc2ccccc2C(=O)NC2CC2)c2ccccc2c1=O. The zero-order valence-corrected chi connectivity index (χ0v) is 17.6. The molecule has 2 amide bonds. The fraction of sp³-hybridized carbons (Fsp3) is 0.333. The highest BCUT2D eigenvalue weighted by Crippen LogP contribution is 2.22. The summed E-state index contributed by atoms with van der Waals surface area (Å²) in [5.74, 6) is -0.659. The summed E-state index contributed by atoms with van der Waals surface area (Å²) in [4.78, 5) is 38.6. The Balaban J connectivity index is 1.67. The molecule has 1 heterocycles. The number of fused-ring (bicyclic) bond motifs is 1. The molecule has 0 atom stereocenters. The number of unbranched alkanes of at least 4 members (excludes halogenated alkanes) is 2. The van der Waals surface area contributed by atoms with Crippen molar-refractivity contribution in [1.29, 1.82) is 0 Å². The minimum atomic E-state index is -0.452. The number of rotatable bonds is 8. The van der Waals surface area contributed by atoms with Crippen molar-refractivity contribution in [3.63, 3.8) is 0 Å². The lowest BCUT2D eigenvalue weighted by atomic mass is 10.1. The van der Waals surface area contributed by atoms with Crippen molar-refractivity contribution in [3.8, 4) is 0 Å². The van der Waals surface area contributed by atoms with Crippen molar-refractivity contribution in [2.45, 2.75) is 51.6 Å². The van der Waals surface area contributed by atoms with Gasteiger partial charge >= 0.3 is 0 Å². The van der Waals surface area contributed by atoms with Gasteiger partial charge in [-0.25, -0.2) is 4.68 Å². The van der Waals surface area contributed by atoms with Gasteiger partial charge in [0, 0.05) is 18.0 Å². The van der Waals surface area contributed by atoms with Crippen molar-refractivity contribution in [2.24, 2.45) is 0 Å². The fourth-order valence-electron chi connectivity index (χ4n) is 3.53. The molecular formula is C24H26N4O3. The molecule has 0 unspecified atom stereocenters. The van der Waals surface area contributed by atoms with E-state index in [0.717, 1.165) is 32.1 Å². The highest BCUT2D eigenvalue weighted by atomic mass is 16.2. The Morgan fingerprint density at radius 3 is 2.45 bits per heavy atom. The van der Waals surface area contributed by atoms with Gasteiger partial charge in [-0.15, -0.1) is 0 Å². The fourth-order valence-corrected chi connectivity index (χ4v) is 3.53. The summed E-state index contributed by atoms with van der Waals surface area (Å²) in [5, 5.41) is 11.1. The van der Waals surface area contributed by atoms with E-state index < -0.39 is 5.91 Å². The van der Waals surface area contributed by atoms with Crippen molar-refractivity contribution < 1.29 is 9.59 Å². The summed E-state index contributed by atoms with van der Waals surface area (Å²) < 4.78 is 1.37. The van der Waals surface area contributed by atoms with Crippen LogP contribution < -0.4 is 16.2 Å². The molecule has 7 heteroatoms. The second kappa shape index (κ2) is 9.12. The van der Waals surface area contributed by atoms with E-state index in [2.05, 4.69) is 22.7 Å². The highest BCUT2D eigenvalue weighted by Gasteiger charge is 2.25. The number of carbonyl (C=O) groups excluding carboxylic acids is 2. The first kappa shape index (κ1) is 20.8. The Hall–Kier alpha value is -3.48. The van der Waals surface area contributed by atoms with E-state index in [1.165, 1.54) is 4.68 Å². The number of benzene rings is 2. The minimum absolute atomic E-state index is 0.170. The van der Waals surface area contributed by atoms with E-state index in [1.54, 1.807) is 48.5 Å². The number of hydrogen-bond acceptors (Lipinski definition) is 4. The largest absolute Gasteiger partial charge is 0.349 e. The van der Waals surface area contributed by atoms with E-state index in [4.69, 9.17) is 0 Å². The first-order valence-electron chi connectivity index (χ1n) is 10.8. The molecule has 1 saturated carbocycles. The maximum atomic E-state index is 13.2. The van der Waals surface area contributed by atoms with Gasteiger partial charge in [0.05, 0.1) is 16.6 Å². The lowest BCUT2D eigenvalue weighted by Gasteiger charge is -2.13. The summed E-state index contributed by atoms with van der Waals surface area (Å²) in [6, 6.07) is 14.1. The van der Waals surface area contributed by atoms with Crippen molar-refractivity contribution in [2.75, 3.05) is 5.32 Å². The van der Waals surface area contributed by atoms with Gasteiger partial charge in [-0.1, -0.05) is 50.1 Å². The lowest BCUT2D eigenvalue weighted by molar-refractivity contribution is 0.0952. The van der Waals surface area contributed by atoms with Crippen molar-refractivity contribution in [3.05, 3.63) is 70.1 Å². The first-order chi connectivity index (χ1) is 15.1. The summed E-state index contributed by atoms with van der Waals surface area (Å²) in [6.45, 7) is 2.55. The van der Waals surface area contributed by atoms with Crippen LogP contribution in [0.5, 0.6) is 0 Å². The summed E-state index contributed by atoms with van der Waals surface area (Å²) in [6.07, 6.45) is 4.78. The second-order valence-corrected chi connectivity index (χ2v) is 7.88. The van der Waals surface area contributed by atoms with Gasteiger partial charge in [0.15, 0.2) is 5.69 Å². The predicted octanol–water partition coefficient (Wildman–Crippen LogP) is 3.73. The molecule has 160 valence electrons. The Bertz CT molecular complexity index is 1180. The average Bonchev–Trinajstić information content (AvgIpc) is 3.60. The van der Waals surface area contributed by atoms with Gasteiger partial charge in [0.1, 0.15) is 0 Å². The maximum Gasteiger partial charge on any atom is 0.276 e. The standard InChI is InChI=1S/C24H26N4O3/c1-2-3-8-15-28-24(31)18-10-5-4-9-17(18)21(27-28)23(30)26-20-12-7-6-11-19(20)22(29)25-16-13-14-16/h4-7,9-12,16H,2-3,8,13-15H2,1H3,(H,25,29)(H,26,30). The van der Waals surface area contributed by atoms with Gasteiger partial charge in [-0.2, -0.15) is 5.10 Å². The quantitative estimate of drug-likeness (QED) is 0.545. The smallest absolute Gasteiger partial charge is 0.276 e. The lowest BCUT2D eigenvalue weighted by Crippen LogP contribution is -2.29. The van der Waals surface area contributed by atoms with Crippen molar-refractivity contribution >= 4 is 28.3 Å². The molecule has 0 bridgehead atoms. The van der Waals surface area contributed by atoms with Crippen molar-refractivity contribution in [1.82, 2.24) is 15.1 Å². The minimum Gasteiger partial charge on any atom is -0.349 e. The Labute approximate surface area is 180 Å². The van der Waals surface area contributed by atoms with E-state index >= 15 is 0 Å². The highest BCUT2D eigenvalue weighted by molar-refractivity contribution is 6.13. The number of aromatic nitrogens is 2. The van der Waals surface area contributed by atoms with E-state index in [0.29, 0.717) is 28.6 Å². The molecule has 2 N–H and O–H groups in total. The Morgan fingerprint density at radius 2 is 1.71 bits per heavy atom. The van der Waals surface area contributed by atoms with Crippen LogP contribution in [0.25, 0.3) is 10.8 Å². The molecule has 31 heavy (non-hydrogen) atoms. The summed E-state index contributed by atoms with van der Waals surface area (Å²) in [7, 11) is 0. The number of carbonyl (C=O) groups is 2. The molecule has 0 aliphatic heterocycles. The molecule has 1 aliphatic carbocycles. The monoisotopic (exact) mass is 418 g/mol. The average molecular weight is 418 g/mol. The topological polar surface area (TPSA) is 93.1 Å². The number of nitrogens with one attached hydrogen (secondary N) is 2. The normalized spacial score (nSPS) is 13.2. The van der Waals surface area contributed by atoms with Gasteiger partial charge in [-0.05, 0) is 37.5 Å². The van der Waals surface area contributed by atoms with Crippen LogP contribution in [0.15, 0.2) is 53.3 Å². The summed E-state index contributed by atoms with van der Waals surface area (Å²) >= 11 is 0. The molecule has 1 fully saturated rings. The third-order valence-electron chi connectivity index (χ3n) is 5.39.